The van der Waals surface area contributed by atoms with Gasteiger partial charge < -0.3 is 20.2 Å². The van der Waals surface area contributed by atoms with Gasteiger partial charge in [0.1, 0.15) is 5.54 Å². The minimum Gasteiger partial charge on any atom is -0.480 e. The van der Waals surface area contributed by atoms with E-state index in [0.717, 1.165) is 5.13 Å². The molecule has 116 valence electrons. The van der Waals surface area contributed by atoms with E-state index >= 15 is 0 Å². The Morgan fingerprint density at radius 1 is 1.43 bits per heavy atom. The molecule has 1 unspecified atom stereocenters. The summed E-state index contributed by atoms with van der Waals surface area (Å²) in [5, 5.41) is 14.7. The van der Waals surface area contributed by atoms with Crippen molar-refractivity contribution in [2.45, 2.75) is 25.8 Å². The zero-order chi connectivity index (χ0) is 15.5. The number of carboxylic acids is 1. The fraction of sp³-hybridized carbons (Fsp3) is 0.615. The molecule has 0 bridgehead atoms. The molecular weight excluding hydrogens is 292 g/mol. The molecule has 8 heteroatoms. The van der Waals surface area contributed by atoms with Crippen LogP contribution < -0.4 is 10.2 Å². The largest absolute Gasteiger partial charge is 0.480 e. The zero-order valence-electron chi connectivity index (χ0n) is 12.2. The van der Waals surface area contributed by atoms with E-state index in [-0.39, 0.29) is 6.03 Å². The Hall–Kier alpha value is -1.83. The number of nitrogens with zero attached hydrogens (tertiary/aromatic N) is 3. The number of aromatic nitrogens is 1. The van der Waals surface area contributed by atoms with Crippen molar-refractivity contribution < 1.29 is 14.7 Å². The standard InChI is InChI=1S/C13H20N4O3S/c1-3-13(2,10(18)19)15-11(20)16-5-7-17(8-6-16)12-14-4-9-21-12/h4,9H,3,5-8H2,1-2H3,(H,15,20)(H,18,19). The van der Waals surface area contributed by atoms with E-state index in [4.69, 9.17) is 0 Å². The smallest absolute Gasteiger partial charge is 0.329 e. The summed E-state index contributed by atoms with van der Waals surface area (Å²) in [6.45, 7) is 5.80. The third-order valence-corrected chi connectivity index (χ3v) is 4.65. The van der Waals surface area contributed by atoms with Gasteiger partial charge in [-0.05, 0) is 13.3 Å². The number of rotatable bonds is 4. The van der Waals surface area contributed by atoms with Crippen LogP contribution in [0, 0.1) is 0 Å². The van der Waals surface area contributed by atoms with Crippen LogP contribution in [0.25, 0.3) is 0 Å². The van der Waals surface area contributed by atoms with Crippen LogP contribution in [0.15, 0.2) is 11.6 Å². The molecule has 0 aromatic carbocycles. The first-order valence-electron chi connectivity index (χ1n) is 6.91. The minimum atomic E-state index is -1.22. The highest BCUT2D eigenvalue weighted by atomic mass is 32.1. The van der Waals surface area contributed by atoms with Gasteiger partial charge in [0.05, 0.1) is 0 Å². The lowest BCUT2D eigenvalue weighted by molar-refractivity contribution is -0.143. The highest BCUT2D eigenvalue weighted by Crippen LogP contribution is 2.19. The summed E-state index contributed by atoms with van der Waals surface area (Å²) in [7, 11) is 0. The van der Waals surface area contributed by atoms with Gasteiger partial charge in [0.15, 0.2) is 5.13 Å². The predicted octanol–water partition coefficient (Wildman–Crippen LogP) is 1.23. The first-order chi connectivity index (χ1) is 9.96. The van der Waals surface area contributed by atoms with Gasteiger partial charge in [-0.15, -0.1) is 11.3 Å². The number of hydrogen-bond donors (Lipinski definition) is 2. The Kier molecular flexibility index (Phi) is 4.66. The number of amides is 2. The van der Waals surface area contributed by atoms with Crippen molar-refractivity contribution >= 4 is 28.5 Å². The molecule has 0 spiro atoms. The Labute approximate surface area is 127 Å². The highest BCUT2D eigenvalue weighted by molar-refractivity contribution is 7.13. The molecule has 2 N–H and O–H groups in total. The molecule has 1 aromatic rings. The molecule has 7 nitrogen and oxygen atoms in total. The number of anilines is 1. The molecule has 1 atom stereocenters. The van der Waals surface area contributed by atoms with E-state index in [0.29, 0.717) is 32.6 Å². The van der Waals surface area contributed by atoms with E-state index in [2.05, 4.69) is 15.2 Å². The normalized spacial score (nSPS) is 18.2. The Balaban J connectivity index is 1.90. The first kappa shape index (κ1) is 15.6. The van der Waals surface area contributed by atoms with Crippen LogP contribution >= 0.6 is 11.3 Å². The predicted molar refractivity (Wildman–Crippen MR) is 80.8 cm³/mol. The van der Waals surface area contributed by atoms with Gasteiger partial charge in [-0.25, -0.2) is 14.6 Å². The molecule has 1 fully saturated rings. The average molecular weight is 312 g/mol. The van der Waals surface area contributed by atoms with Crippen LogP contribution in [0.3, 0.4) is 0 Å². The molecule has 1 saturated heterocycles. The third kappa shape index (κ3) is 3.44. The number of nitrogens with one attached hydrogen (secondary N) is 1. The van der Waals surface area contributed by atoms with Crippen LogP contribution in [0.2, 0.25) is 0 Å². The molecule has 0 radical (unpaired) electrons. The molecule has 2 heterocycles. The monoisotopic (exact) mass is 312 g/mol. The maximum atomic E-state index is 12.2. The van der Waals surface area contributed by atoms with Gasteiger partial charge in [0, 0.05) is 37.8 Å². The second kappa shape index (κ2) is 6.30. The van der Waals surface area contributed by atoms with E-state index in [1.54, 1.807) is 29.4 Å². The molecule has 0 aliphatic carbocycles. The fourth-order valence-corrected chi connectivity index (χ4v) is 2.78. The van der Waals surface area contributed by atoms with Crippen LogP contribution in [-0.4, -0.2) is 58.7 Å². The Morgan fingerprint density at radius 3 is 2.57 bits per heavy atom. The number of carbonyl (C=O) groups is 2. The summed E-state index contributed by atoms with van der Waals surface area (Å²) >= 11 is 1.57. The van der Waals surface area contributed by atoms with Crippen molar-refractivity contribution in [1.82, 2.24) is 15.2 Å². The van der Waals surface area contributed by atoms with Crippen molar-refractivity contribution in [3.8, 4) is 0 Å². The minimum absolute atomic E-state index is 0.319. The lowest BCUT2D eigenvalue weighted by atomic mass is 10.00. The number of piperazine rings is 1. The molecule has 1 aliphatic rings. The van der Waals surface area contributed by atoms with Crippen molar-refractivity contribution in [3.05, 3.63) is 11.6 Å². The number of hydrogen-bond acceptors (Lipinski definition) is 5. The van der Waals surface area contributed by atoms with Crippen LogP contribution in [0.4, 0.5) is 9.93 Å². The molecular formula is C13H20N4O3S. The molecule has 2 amide bonds. The summed E-state index contributed by atoms with van der Waals surface area (Å²) in [4.78, 5) is 31.5. The summed E-state index contributed by atoms with van der Waals surface area (Å²) in [5.41, 5.74) is -1.22. The van der Waals surface area contributed by atoms with E-state index in [1.165, 1.54) is 6.92 Å². The summed E-state index contributed by atoms with van der Waals surface area (Å²) in [6, 6.07) is -0.319. The van der Waals surface area contributed by atoms with Crippen LogP contribution in [0.1, 0.15) is 20.3 Å². The summed E-state index contributed by atoms with van der Waals surface area (Å²) in [6.07, 6.45) is 2.10. The second-order valence-electron chi connectivity index (χ2n) is 5.21. The lowest BCUT2D eigenvalue weighted by Gasteiger charge is -2.36. The Bertz CT molecular complexity index is 500. The third-order valence-electron chi connectivity index (χ3n) is 3.82. The molecule has 1 aliphatic heterocycles. The van der Waals surface area contributed by atoms with Crippen LogP contribution in [-0.2, 0) is 4.79 Å². The van der Waals surface area contributed by atoms with Gasteiger partial charge in [0.25, 0.3) is 0 Å². The number of thiazole rings is 1. The second-order valence-corrected chi connectivity index (χ2v) is 6.08. The number of aliphatic carboxylic acids is 1. The Morgan fingerprint density at radius 2 is 2.10 bits per heavy atom. The SMILES string of the molecule is CCC(C)(NC(=O)N1CCN(c2nccs2)CC1)C(=O)O. The van der Waals surface area contributed by atoms with Gasteiger partial charge in [0.2, 0.25) is 0 Å². The van der Waals surface area contributed by atoms with E-state index < -0.39 is 11.5 Å². The van der Waals surface area contributed by atoms with Crippen molar-refractivity contribution in [2.75, 3.05) is 31.1 Å². The van der Waals surface area contributed by atoms with E-state index in [9.17, 15) is 14.7 Å². The van der Waals surface area contributed by atoms with Crippen LogP contribution in [0.5, 0.6) is 0 Å². The molecule has 0 saturated carbocycles. The van der Waals surface area contributed by atoms with Crippen molar-refractivity contribution in [2.24, 2.45) is 0 Å². The number of carboxylic acid groups (broad SMARTS) is 1. The molecule has 21 heavy (non-hydrogen) atoms. The summed E-state index contributed by atoms with van der Waals surface area (Å²) in [5.74, 6) is -1.01. The molecule has 1 aromatic heterocycles. The van der Waals surface area contributed by atoms with E-state index in [1.807, 2.05) is 5.38 Å². The zero-order valence-corrected chi connectivity index (χ0v) is 13.0. The van der Waals surface area contributed by atoms with Crippen molar-refractivity contribution in [3.63, 3.8) is 0 Å². The topological polar surface area (TPSA) is 85.8 Å². The van der Waals surface area contributed by atoms with Gasteiger partial charge in [-0.2, -0.15) is 0 Å². The van der Waals surface area contributed by atoms with Gasteiger partial charge in [-0.3, -0.25) is 0 Å². The quantitative estimate of drug-likeness (QED) is 0.873. The first-order valence-corrected chi connectivity index (χ1v) is 7.79. The lowest BCUT2D eigenvalue weighted by Crippen LogP contribution is -2.59. The molecule has 2 rings (SSSR count). The maximum absolute atomic E-state index is 12.2. The maximum Gasteiger partial charge on any atom is 0.329 e. The van der Waals surface area contributed by atoms with Gasteiger partial charge >= 0.3 is 12.0 Å². The van der Waals surface area contributed by atoms with Crippen molar-refractivity contribution in [1.29, 1.82) is 0 Å². The number of carbonyl (C=O) groups excluding carboxylic acids is 1. The number of urea groups is 1. The average Bonchev–Trinajstić information content (AvgIpc) is 3.01. The van der Waals surface area contributed by atoms with Gasteiger partial charge in [-0.1, -0.05) is 6.92 Å². The fourth-order valence-electron chi connectivity index (χ4n) is 2.08. The summed E-state index contributed by atoms with van der Waals surface area (Å²) < 4.78 is 0. The highest BCUT2D eigenvalue weighted by Gasteiger charge is 2.35.